The molecule has 5 nitrogen and oxygen atoms in total. The molecule has 0 bridgehead atoms. The van der Waals surface area contributed by atoms with Gasteiger partial charge in [0.15, 0.2) is 0 Å². The van der Waals surface area contributed by atoms with Crippen molar-refractivity contribution in [2.75, 3.05) is 12.4 Å². The lowest BCUT2D eigenvalue weighted by atomic mass is 10.1. The smallest absolute Gasteiger partial charge is 0.266 e. The second-order valence-corrected chi connectivity index (χ2v) is 7.58. The first kappa shape index (κ1) is 22.1. The summed E-state index contributed by atoms with van der Waals surface area (Å²) in [7, 11) is 1.57. The number of hydrogen-bond acceptors (Lipinski definition) is 4. The van der Waals surface area contributed by atoms with Crippen molar-refractivity contribution >= 4 is 33.6 Å². The van der Waals surface area contributed by atoms with E-state index in [0.29, 0.717) is 29.4 Å². The van der Waals surface area contributed by atoms with Crippen molar-refractivity contribution in [2.45, 2.75) is 13.5 Å². The lowest BCUT2D eigenvalue weighted by Crippen LogP contribution is -2.14. The van der Waals surface area contributed by atoms with E-state index in [1.54, 1.807) is 31.4 Å². The fourth-order valence-corrected chi connectivity index (χ4v) is 3.26. The predicted molar refractivity (Wildman–Crippen MR) is 125 cm³/mol. The first-order valence-corrected chi connectivity index (χ1v) is 10.3. The third kappa shape index (κ3) is 5.74. The van der Waals surface area contributed by atoms with Gasteiger partial charge in [0.05, 0.1) is 7.11 Å². The van der Waals surface area contributed by atoms with Gasteiger partial charge >= 0.3 is 0 Å². The summed E-state index contributed by atoms with van der Waals surface area (Å²) in [6, 6.07) is 22.4. The maximum atomic E-state index is 12.7. The number of amides is 1. The molecule has 1 amide bonds. The predicted octanol–water partition coefficient (Wildman–Crippen LogP) is 5.89. The molecule has 0 aliphatic heterocycles. The summed E-state index contributed by atoms with van der Waals surface area (Å²) < 4.78 is 12.3. The Labute approximate surface area is 190 Å². The van der Waals surface area contributed by atoms with Gasteiger partial charge in [-0.25, -0.2) is 0 Å². The number of nitrogens with one attached hydrogen (secondary N) is 1. The molecule has 3 rings (SSSR count). The third-order valence-electron chi connectivity index (χ3n) is 4.62. The number of hydrogen-bond donors (Lipinski definition) is 1. The Kier molecular flexibility index (Phi) is 7.47. The molecular formula is C25H21BrN2O3. The van der Waals surface area contributed by atoms with Crippen molar-refractivity contribution in [3.05, 3.63) is 93.5 Å². The molecule has 156 valence electrons. The Balaban J connectivity index is 1.88. The van der Waals surface area contributed by atoms with E-state index in [0.717, 1.165) is 15.6 Å². The molecule has 0 atom stereocenters. The van der Waals surface area contributed by atoms with Gasteiger partial charge in [-0.05, 0) is 42.8 Å². The van der Waals surface area contributed by atoms with Crippen LogP contribution in [-0.2, 0) is 11.4 Å². The molecule has 1 N–H and O–H groups in total. The molecule has 0 fully saturated rings. The monoisotopic (exact) mass is 476 g/mol. The number of aryl methyl sites for hydroxylation is 1. The Morgan fingerprint density at radius 3 is 2.58 bits per heavy atom. The first-order chi connectivity index (χ1) is 15.0. The number of nitriles is 1. The molecule has 0 radical (unpaired) electrons. The van der Waals surface area contributed by atoms with Crippen LogP contribution in [0.3, 0.4) is 0 Å². The summed E-state index contributed by atoms with van der Waals surface area (Å²) in [6.45, 7) is 2.20. The summed E-state index contributed by atoms with van der Waals surface area (Å²) in [6.07, 6.45) is 1.52. The van der Waals surface area contributed by atoms with E-state index in [4.69, 9.17) is 9.47 Å². The van der Waals surface area contributed by atoms with Gasteiger partial charge in [-0.3, -0.25) is 4.79 Å². The number of ether oxygens (including phenoxy) is 2. The average Bonchev–Trinajstić information content (AvgIpc) is 2.78. The number of nitrogens with zero attached hydrogens (tertiary/aromatic N) is 1. The number of benzene rings is 3. The number of para-hydroxylation sites is 1. The van der Waals surface area contributed by atoms with Crippen LogP contribution in [0.2, 0.25) is 0 Å². The van der Waals surface area contributed by atoms with Crippen molar-refractivity contribution in [3.8, 4) is 17.6 Å². The quantitative estimate of drug-likeness (QED) is 0.340. The molecule has 0 spiro atoms. The zero-order valence-electron chi connectivity index (χ0n) is 17.2. The minimum atomic E-state index is -0.482. The summed E-state index contributed by atoms with van der Waals surface area (Å²) in [5.41, 5.74) is 3.12. The van der Waals surface area contributed by atoms with Crippen molar-refractivity contribution in [3.63, 3.8) is 0 Å². The van der Waals surface area contributed by atoms with E-state index < -0.39 is 5.91 Å². The van der Waals surface area contributed by atoms with E-state index >= 15 is 0 Å². The molecule has 31 heavy (non-hydrogen) atoms. The van der Waals surface area contributed by atoms with Crippen molar-refractivity contribution in [2.24, 2.45) is 0 Å². The van der Waals surface area contributed by atoms with Crippen LogP contribution in [0.4, 0.5) is 5.69 Å². The van der Waals surface area contributed by atoms with E-state index in [1.807, 2.05) is 55.5 Å². The highest BCUT2D eigenvalue weighted by Crippen LogP contribution is 2.29. The van der Waals surface area contributed by atoms with Gasteiger partial charge in [-0.2, -0.15) is 5.26 Å². The maximum Gasteiger partial charge on any atom is 0.266 e. The molecule has 3 aromatic carbocycles. The second kappa shape index (κ2) is 10.5. The van der Waals surface area contributed by atoms with Crippen LogP contribution in [-0.4, -0.2) is 13.0 Å². The van der Waals surface area contributed by atoms with Gasteiger partial charge in [0, 0.05) is 27.4 Å². The number of carbonyl (C=O) groups is 1. The Morgan fingerprint density at radius 2 is 1.87 bits per heavy atom. The number of rotatable bonds is 7. The molecular weight excluding hydrogens is 456 g/mol. The number of carbonyl (C=O) groups excluding carboxylic acids is 1. The molecule has 3 aromatic rings. The van der Waals surface area contributed by atoms with Crippen LogP contribution in [0.5, 0.6) is 11.5 Å². The van der Waals surface area contributed by atoms with Crippen LogP contribution in [0.25, 0.3) is 6.08 Å². The fraction of sp³-hybridized carbons (Fsp3) is 0.120. The highest BCUT2D eigenvalue weighted by atomic mass is 79.9. The molecule has 6 heteroatoms. The van der Waals surface area contributed by atoms with Gasteiger partial charge in [0.2, 0.25) is 0 Å². The highest BCUT2D eigenvalue weighted by Gasteiger charge is 2.13. The largest absolute Gasteiger partial charge is 0.497 e. The average molecular weight is 477 g/mol. The van der Waals surface area contributed by atoms with Gasteiger partial charge in [-0.15, -0.1) is 0 Å². The number of methoxy groups -OCH3 is 1. The summed E-state index contributed by atoms with van der Waals surface area (Å²) in [4.78, 5) is 12.7. The molecule has 0 aliphatic rings. The Bertz CT molecular complexity index is 1170. The highest BCUT2D eigenvalue weighted by molar-refractivity contribution is 9.10. The van der Waals surface area contributed by atoms with Crippen LogP contribution >= 0.6 is 15.9 Å². The maximum absolute atomic E-state index is 12.7. The summed E-state index contributed by atoms with van der Waals surface area (Å²) in [5, 5.41) is 12.4. The van der Waals surface area contributed by atoms with Crippen molar-refractivity contribution in [1.29, 1.82) is 5.26 Å². The van der Waals surface area contributed by atoms with E-state index in [9.17, 15) is 10.1 Å². The Hall–Kier alpha value is -3.56. The number of halogens is 1. The molecule has 0 unspecified atom stereocenters. The van der Waals surface area contributed by atoms with Crippen LogP contribution in [0.1, 0.15) is 16.7 Å². The van der Waals surface area contributed by atoms with Crippen molar-refractivity contribution in [1.82, 2.24) is 0 Å². The second-order valence-electron chi connectivity index (χ2n) is 6.72. The van der Waals surface area contributed by atoms with Gasteiger partial charge < -0.3 is 14.8 Å². The standard InChI is InChI=1S/C25H21BrN2O3/c1-17-7-3-6-10-23(17)28-25(29)20(15-27)13-18-11-12-21(30-2)14-24(18)31-16-19-8-4-5-9-22(19)26/h3-14H,16H2,1-2H3,(H,28,29)/b20-13+. The minimum Gasteiger partial charge on any atom is -0.497 e. The third-order valence-corrected chi connectivity index (χ3v) is 5.39. The molecule has 0 aliphatic carbocycles. The molecule has 0 saturated carbocycles. The summed E-state index contributed by atoms with van der Waals surface area (Å²) in [5.74, 6) is 0.637. The van der Waals surface area contributed by atoms with Crippen LogP contribution in [0.15, 0.2) is 76.8 Å². The van der Waals surface area contributed by atoms with E-state index in [1.165, 1.54) is 6.08 Å². The molecule has 0 heterocycles. The van der Waals surface area contributed by atoms with Gasteiger partial charge in [0.25, 0.3) is 5.91 Å². The SMILES string of the molecule is COc1ccc(/C=C(\C#N)C(=O)Nc2ccccc2C)c(OCc2ccccc2Br)c1. The normalized spacial score (nSPS) is 10.8. The lowest BCUT2D eigenvalue weighted by molar-refractivity contribution is -0.112. The van der Waals surface area contributed by atoms with E-state index in [2.05, 4.69) is 21.2 Å². The topological polar surface area (TPSA) is 71.3 Å². The van der Waals surface area contributed by atoms with E-state index in [-0.39, 0.29) is 5.57 Å². The lowest BCUT2D eigenvalue weighted by Gasteiger charge is -2.13. The number of anilines is 1. The first-order valence-electron chi connectivity index (χ1n) is 9.55. The Morgan fingerprint density at radius 1 is 1.13 bits per heavy atom. The zero-order chi connectivity index (χ0) is 22.2. The van der Waals surface area contributed by atoms with Crippen molar-refractivity contribution < 1.29 is 14.3 Å². The zero-order valence-corrected chi connectivity index (χ0v) is 18.8. The molecule has 0 saturated heterocycles. The van der Waals surface area contributed by atoms with Gasteiger partial charge in [0.1, 0.15) is 29.7 Å². The van der Waals surface area contributed by atoms with Crippen LogP contribution in [0, 0.1) is 18.3 Å². The van der Waals surface area contributed by atoms with Gasteiger partial charge in [-0.1, -0.05) is 52.3 Å². The molecule has 0 aromatic heterocycles. The summed E-state index contributed by atoms with van der Waals surface area (Å²) >= 11 is 3.51. The minimum absolute atomic E-state index is 0.0286. The fourth-order valence-electron chi connectivity index (χ4n) is 2.86. The van der Waals surface area contributed by atoms with Crippen LogP contribution < -0.4 is 14.8 Å².